The number of fused-ring (bicyclic) bond motifs is 1. The fourth-order valence-electron chi connectivity index (χ4n) is 2.76. The van der Waals surface area contributed by atoms with Crippen LogP contribution >= 0.6 is 0 Å². The topological polar surface area (TPSA) is 42.7 Å². The van der Waals surface area contributed by atoms with E-state index in [2.05, 4.69) is 0 Å². The fourth-order valence-corrected chi connectivity index (χ4v) is 2.76. The number of hydrogen-bond acceptors (Lipinski definition) is 3. The number of benzene rings is 1. The summed E-state index contributed by atoms with van der Waals surface area (Å²) in [4.78, 5) is 14.4. The van der Waals surface area contributed by atoms with Gasteiger partial charge in [0.25, 0.3) is 5.91 Å². The molecule has 2 aromatic rings. The van der Waals surface area contributed by atoms with Crippen molar-refractivity contribution in [2.24, 2.45) is 0 Å². The number of nitrogens with zero attached hydrogens (tertiary/aromatic N) is 1. The minimum atomic E-state index is -0.281. The van der Waals surface area contributed by atoms with Gasteiger partial charge in [-0.15, -0.1) is 0 Å². The maximum absolute atomic E-state index is 12.6. The van der Waals surface area contributed by atoms with Crippen LogP contribution in [0.2, 0.25) is 0 Å². The molecule has 0 spiro atoms. The van der Waals surface area contributed by atoms with Crippen molar-refractivity contribution >= 4 is 16.9 Å². The lowest BCUT2D eigenvalue weighted by Crippen LogP contribution is -2.42. The molecule has 1 aromatic carbocycles. The van der Waals surface area contributed by atoms with E-state index in [9.17, 15) is 4.79 Å². The summed E-state index contributed by atoms with van der Waals surface area (Å²) >= 11 is 0. The van der Waals surface area contributed by atoms with E-state index in [1.807, 2.05) is 49.1 Å². The Bertz CT molecular complexity index is 593. The van der Waals surface area contributed by atoms with Crippen LogP contribution in [0.4, 0.5) is 0 Å². The van der Waals surface area contributed by atoms with Crippen LogP contribution in [0.25, 0.3) is 11.0 Å². The van der Waals surface area contributed by atoms with E-state index >= 15 is 0 Å². The van der Waals surface area contributed by atoms with Gasteiger partial charge in [-0.2, -0.15) is 0 Å². The summed E-state index contributed by atoms with van der Waals surface area (Å²) in [5.41, 5.74) is 0.862. The van der Waals surface area contributed by atoms with Crippen LogP contribution in [0.3, 0.4) is 0 Å². The van der Waals surface area contributed by atoms with E-state index < -0.39 is 0 Å². The van der Waals surface area contributed by atoms with Crippen LogP contribution in [0.1, 0.15) is 32.4 Å². The quantitative estimate of drug-likeness (QED) is 0.866. The smallest absolute Gasteiger partial charge is 0.252 e. The minimum Gasteiger partial charge on any atom is -0.459 e. The second-order valence-electron chi connectivity index (χ2n) is 5.81. The lowest BCUT2D eigenvalue weighted by atomic mass is 10.2. The molecule has 1 aliphatic heterocycles. The third kappa shape index (κ3) is 2.95. The van der Waals surface area contributed by atoms with Crippen molar-refractivity contribution in [3.8, 4) is 0 Å². The molecule has 0 unspecified atom stereocenters. The molecule has 0 saturated carbocycles. The molecule has 1 amide bonds. The van der Waals surface area contributed by atoms with E-state index in [0.717, 1.165) is 29.6 Å². The first kappa shape index (κ1) is 14.1. The van der Waals surface area contributed by atoms with Gasteiger partial charge in [0.2, 0.25) is 0 Å². The number of ether oxygens (including phenoxy) is 1. The zero-order valence-electron chi connectivity index (χ0n) is 12.5. The van der Waals surface area contributed by atoms with Crippen LogP contribution in [0.15, 0.2) is 34.7 Å². The van der Waals surface area contributed by atoms with Gasteiger partial charge in [0.15, 0.2) is 0 Å². The van der Waals surface area contributed by atoms with E-state index in [-0.39, 0.29) is 18.1 Å². The molecule has 0 bridgehead atoms. The second kappa shape index (κ2) is 5.90. The van der Waals surface area contributed by atoms with Crippen LogP contribution < -0.4 is 0 Å². The number of carbonyl (C=O) groups is 1. The van der Waals surface area contributed by atoms with Crippen LogP contribution in [0, 0.1) is 0 Å². The van der Waals surface area contributed by atoms with Crippen LogP contribution in [0.5, 0.6) is 0 Å². The van der Waals surface area contributed by atoms with Crippen molar-refractivity contribution < 1.29 is 13.9 Å². The minimum absolute atomic E-state index is 0.0722. The zero-order valence-corrected chi connectivity index (χ0v) is 12.5. The maximum Gasteiger partial charge on any atom is 0.252 e. The molecule has 21 heavy (non-hydrogen) atoms. The zero-order chi connectivity index (χ0) is 14.8. The molecule has 4 nitrogen and oxygen atoms in total. The third-order valence-corrected chi connectivity index (χ3v) is 3.91. The predicted molar refractivity (Wildman–Crippen MR) is 80.9 cm³/mol. The van der Waals surface area contributed by atoms with Crippen LogP contribution in [-0.4, -0.2) is 29.6 Å². The normalized spacial score (nSPS) is 18.5. The van der Waals surface area contributed by atoms with Crippen LogP contribution in [-0.2, 0) is 16.1 Å². The molecule has 1 atom stereocenters. The highest BCUT2D eigenvalue weighted by molar-refractivity contribution is 5.82. The average molecular weight is 287 g/mol. The van der Waals surface area contributed by atoms with Crippen molar-refractivity contribution in [3.63, 3.8) is 0 Å². The summed E-state index contributed by atoms with van der Waals surface area (Å²) < 4.78 is 11.3. The molecule has 3 rings (SSSR count). The van der Waals surface area contributed by atoms with Gasteiger partial charge in [0.1, 0.15) is 17.4 Å². The Labute approximate surface area is 124 Å². The Morgan fingerprint density at radius 1 is 1.38 bits per heavy atom. The molecule has 0 radical (unpaired) electrons. The highest BCUT2D eigenvalue weighted by Gasteiger charge is 2.30. The summed E-state index contributed by atoms with van der Waals surface area (Å²) in [5, 5.41) is 1.07. The maximum atomic E-state index is 12.6. The van der Waals surface area contributed by atoms with Gasteiger partial charge < -0.3 is 14.1 Å². The molecular weight excluding hydrogens is 266 g/mol. The standard InChI is InChI=1S/C17H21NO3/c1-12(2)18(17(19)16-8-5-9-20-16)11-14-10-13-6-3-4-7-15(13)21-14/h3-4,6-7,10,12,16H,5,8-9,11H2,1-2H3/t16-/m0/s1. The molecular formula is C17H21NO3. The molecule has 1 saturated heterocycles. The Balaban J connectivity index is 1.79. The molecule has 112 valence electrons. The lowest BCUT2D eigenvalue weighted by Gasteiger charge is -2.28. The third-order valence-electron chi connectivity index (χ3n) is 3.91. The van der Waals surface area contributed by atoms with Crippen molar-refractivity contribution in [1.82, 2.24) is 4.90 Å². The fraction of sp³-hybridized carbons (Fsp3) is 0.471. The molecule has 2 heterocycles. The monoisotopic (exact) mass is 287 g/mol. The van der Waals surface area contributed by atoms with Gasteiger partial charge in [-0.1, -0.05) is 18.2 Å². The lowest BCUT2D eigenvalue weighted by molar-refractivity contribution is -0.143. The number of carbonyl (C=O) groups excluding carboxylic acids is 1. The first-order valence-corrected chi connectivity index (χ1v) is 7.54. The highest BCUT2D eigenvalue weighted by Crippen LogP contribution is 2.22. The summed E-state index contributed by atoms with van der Waals surface area (Å²) in [5.74, 6) is 0.888. The van der Waals surface area contributed by atoms with Gasteiger partial charge in [0, 0.05) is 18.0 Å². The number of hydrogen-bond donors (Lipinski definition) is 0. The van der Waals surface area contributed by atoms with Crippen molar-refractivity contribution in [2.75, 3.05) is 6.61 Å². The van der Waals surface area contributed by atoms with Gasteiger partial charge in [0.05, 0.1) is 6.54 Å². The Hall–Kier alpha value is -1.81. The van der Waals surface area contributed by atoms with Crippen molar-refractivity contribution in [2.45, 2.75) is 45.4 Å². The van der Waals surface area contributed by atoms with E-state index in [0.29, 0.717) is 13.2 Å². The summed E-state index contributed by atoms with van der Waals surface area (Å²) in [7, 11) is 0. The van der Waals surface area contributed by atoms with E-state index in [1.54, 1.807) is 0 Å². The number of amides is 1. The molecule has 1 fully saturated rings. The van der Waals surface area contributed by atoms with Crippen molar-refractivity contribution in [1.29, 1.82) is 0 Å². The first-order valence-electron chi connectivity index (χ1n) is 7.54. The summed E-state index contributed by atoms with van der Waals surface area (Å²) in [6, 6.07) is 10.0. The van der Waals surface area contributed by atoms with E-state index in [4.69, 9.17) is 9.15 Å². The largest absolute Gasteiger partial charge is 0.459 e. The molecule has 4 heteroatoms. The SMILES string of the molecule is CC(C)N(Cc1cc2ccccc2o1)C(=O)[C@@H]1CCCO1. The first-order chi connectivity index (χ1) is 10.1. The summed E-state index contributed by atoms with van der Waals surface area (Å²) in [6.07, 6.45) is 1.51. The Morgan fingerprint density at radius 3 is 2.86 bits per heavy atom. The van der Waals surface area contributed by atoms with Gasteiger partial charge in [-0.3, -0.25) is 4.79 Å². The highest BCUT2D eigenvalue weighted by atomic mass is 16.5. The van der Waals surface area contributed by atoms with E-state index in [1.165, 1.54) is 0 Å². The number of para-hydroxylation sites is 1. The Kier molecular flexibility index (Phi) is 3.97. The molecule has 1 aromatic heterocycles. The van der Waals surface area contributed by atoms with Crippen molar-refractivity contribution in [3.05, 3.63) is 36.1 Å². The van der Waals surface area contributed by atoms with Gasteiger partial charge >= 0.3 is 0 Å². The molecule has 0 aliphatic carbocycles. The summed E-state index contributed by atoms with van der Waals surface area (Å²) in [6.45, 7) is 5.23. The van der Waals surface area contributed by atoms with Gasteiger partial charge in [-0.05, 0) is 38.8 Å². The number of rotatable bonds is 4. The van der Waals surface area contributed by atoms with Gasteiger partial charge in [-0.25, -0.2) is 0 Å². The Morgan fingerprint density at radius 2 is 2.19 bits per heavy atom. The second-order valence-corrected chi connectivity index (χ2v) is 5.81. The predicted octanol–water partition coefficient (Wildman–Crippen LogP) is 3.35. The average Bonchev–Trinajstić information content (AvgIpc) is 3.12. The molecule has 1 aliphatic rings. The molecule has 0 N–H and O–H groups in total. The number of furan rings is 1.